The van der Waals surface area contributed by atoms with Gasteiger partial charge in [-0.25, -0.2) is 4.90 Å². The van der Waals surface area contributed by atoms with E-state index < -0.39 is 11.0 Å². The Labute approximate surface area is 156 Å². The van der Waals surface area contributed by atoms with E-state index in [0.717, 1.165) is 4.90 Å². The molecule has 0 unspecified atom stereocenters. The van der Waals surface area contributed by atoms with Gasteiger partial charge in [-0.3, -0.25) is 29.4 Å². The van der Waals surface area contributed by atoms with Gasteiger partial charge in [0.25, 0.3) is 11.6 Å². The molecular weight excluding hydrogens is 354 g/mol. The van der Waals surface area contributed by atoms with Crippen molar-refractivity contribution >= 4 is 29.2 Å². The fourth-order valence-electron chi connectivity index (χ4n) is 3.60. The standard InChI is InChI=1S/C18H21N3O6/c1-2-27-18(24)12-7-9-19(10-8-12)15-11-16(22)20(17(15)23)13-3-5-14(6-4-13)21(25)26/h3-6,12,15H,2,7-11H2,1H3/t15-/m1/s1. The third kappa shape index (κ3) is 3.82. The van der Waals surface area contributed by atoms with Crippen LogP contribution < -0.4 is 4.90 Å². The molecule has 0 radical (unpaired) electrons. The lowest BCUT2D eigenvalue weighted by Crippen LogP contribution is -2.47. The van der Waals surface area contributed by atoms with Gasteiger partial charge >= 0.3 is 5.97 Å². The second kappa shape index (κ2) is 7.83. The molecule has 27 heavy (non-hydrogen) atoms. The number of amides is 2. The first kappa shape index (κ1) is 19.0. The van der Waals surface area contributed by atoms with E-state index in [4.69, 9.17) is 4.74 Å². The van der Waals surface area contributed by atoms with Crippen molar-refractivity contribution in [1.82, 2.24) is 4.90 Å². The number of nitro groups is 1. The predicted octanol–water partition coefficient (Wildman–Crippen LogP) is 1.50. The molecule has 0 aromatic heterocycles. The van der Waals surface area contributed by atoms with Gasteiger partial charge in [0.15, 0.2) is 0 Å². The normalized spacial score (nSPS) is 21.5. The first-order valence-corrected chi connectivity index (χ1v) is 8.94. The first-order chi connectivity index (χ1) is 12.9. The quantitative estimate of drug-likeness (QED) is 0.332. The Balaban J connectivity index is 1.66. The van der Waals surface area contributed by atoms with Crippen molar-refractivity contribution in [2.45, 2.75) is 32.2 Å². The van der Waals surface area contributed by atoms with E-state index >= 15 is 0 Å². The molecule has 2 fully saturated rings. The van der Waals surface area contributed by atoms with Crippen molar-refractivity contribution in [2.24, 2.45) is 5.92 Å². The topological polar surface area (TPSA) is 110 Å². The first-order valence-electron chi connectivity index (χ1n) is 8.94. The SMILES string of the molecule is CCOC(=O)C1CCN([C@@H]2CC(=O)N(c3ccc([N+](=O)[O-])cc3)C2=O)CC1. The number of hydrogen-bond donors (Lipinski definition) is 0. The van der Waals surface area contributed by atoms with Crippen molar-refractivity contribution < 1.29 is 24.0 Å². The Morgan fingerprint density at radius 1 is 1.22 bits per heavy atom. The van der Waals surface area contributed by atoms with Crippen LogP contribution in [0.5, 0.6) is 0 Å². The zero-order chi connectivity index (χ0) is 19.6. The molecule has 2 saturated heterocycles. The Hall–Kier alpha value is -2.81. The highest BCUT2D eigenvalue weighted by Crippen LogP contribution is 2.29. The average molecular weight is 375 g/mol. The summed E-state index contributed by atoms with van der Waals surface area (Å²) in [7, 11) is 0. The maximum absolute atomic E-state index is 12.8. The second-order valence-corrected chi connectivity index (χ2v) is 6.62. The van der Waals surface area contributed by atoms with Crippen molar-refractivity contribution in [3.05, 3.63) is 34.4 Å². The highest BCUT2D eigenvalue weighted by molar-refractivity contribution is 6.22. The van der Waals surface area contributed by atoms with Gasteiger partial charge in [0.05, 0.1) is 35.6 Å². The number of piperidine rings is 1. The largest absolute Gasteiger partial charge is 0.466 e. The Kier molecular flexibility index (Phi) is 5.50. The monoisotopic (exact) mass is 375 g/mol. The number of carbonyl (C=O) groups is 3. The van der Waals surface area contributed by atoms with Crippen LogP contribution in [0.2, 0.25) is 0 Å². The molecule has 0 bridgehead atoms. The minimum Gasteiger partial charge on any atom is -0.466 e. The fourth-order valence-corrected chi connectivity index (χ4v) is 3.60. The number of hydrogen-bond acceptors (Lipinski definition) is 7. The molecule has 0 spiro atoms. The summed E-state index contributed by atoms with van der Waals surface area (Å²) in [4.78, 5) is 50.3. The molecule has 0 N–H and O–H groups in total. The number of likely N-dealkylation sites (tertiary alicyclic amines) is 1. The smallest absolute Gasteiger partial charge is 0.309 e. The zero-order valence-electron chi connectivity index (χ0n) is 15.0. The summed E-state index contributed by atoms with van der Waals surface area (Å²) in [5, 5.41) is 10.8. The Morgan fingerprint density at radius 3 is 2.41 bits per heavy atom. The van der Waals surface area contributed by atoms with E-state index in [2.05, 4.69) is 0 Å². The highest BCUT2D eigenvalue weighted by atomic mass is 16.6. The molecule has 1 aromatic carbocycles. The van der Waals surface area contributed by atoms with Crippen molar-refractivity contribution in [3.63, 3.8) is 0 Å². The number of carbonyl (C=O) groups excluding carboxylic acids is 3. The van der Waals surface area contributed by atoms with E-state index in [9.17, 15) is 24.5 Å². The molecule has 2 amide bonds. The lowest BCUT2D eigenvalue weighted by molar-refractivity contribution is -0.384. The van der Waals surface area contributed by atoms with Crippen LogP contribution >= 0.6 is 0 Å². The average Bonchev–Trinajstić information content (AvgIpc) is 2.96. The molecule has 1 aromatic rings. The third-order valence-corrected chi connectivity index (χ3v) is 5.03. The number of ether oxygens (including phenoxy) is 1. The summed E-state index contributed by atoms with van der Waals surface area (Å²) >= 11 is 0. The van der Waals surface area contributed by atoms with E-state index in [1.807, 2.05) is 4.90 Å². The van der Waals surface area contributed by atoms with Gasteiger partial charge in [-0.15, -0.1) is 0 Å². The van der Waals surface area contributed by atoms with Gasteiger partial charge < -0.3 is 4.74 Å². The van der Waals surface area contributed by atoms with Gasteiger partial charge in [-0.1, -0.05) is 0 Å². The summed E-state index contributed by atoms with van der Waals surface area (Å²) in [6.45, 7) is 3.20. The second-order valence-electron chi connectivity index (χ2n) is 6.62. The molecule has 1 atom stereocenters. The zero-order valence-corrected chi connectivity index (χ0v) is 15.0. The maximum atomic E-state index is 12.8. The Morgan fingerprint density at radius 2 is 1.85 bits per heavy atom. The number of anilines is 1. The maximum Gasteiger partial charge on any atom is 0.309 e. The summed E-state index contributed by atoms with van der Waals surface area (Å²) in [6.07, 6.45) is 1.25. The molecule has 2 aliphatic rings. The third-order valence-electron chi connectivity index (χ3n) is 5.03. The number of benzene rings is 1. The van der Waals surface area contributed by atoms with Crippen LogP contribution in [0.15, 0.2) is 24.3 Å². The summed E-state index contributed by atoms with van der Waals surface area (Å²) in [5.41, 5.74) is 0.231. The van der Waals surface area contributed by atoms with Crippen molar-refractivity contribution in [1.29, 1.82) is 0 Å². The van der Waals surface area contributed by atoms with E-state index in [1.54, 1.807) is 6.92 Å². The van der Waals surface area contributed by atoms with E-state index in [-0.39, 0.29) is 35.8 Å². The lowest BCUT2D eigenvalue weighted by Gasteiger charge is -2.33. The van der Waals surface area contributed by atoms with E-state index in [1.165, 1.54) is 24.3 Å². The number of non-ortho nitro benzene ring substituents is 1. The Bertz CT molecular complexity index is 755. The van der Waals surface area contributed by atoms with Crippen LogP contribution in [-0.4, -0.2) is 53.3 Å². The lowest BCUT2D eigenvalue weighted by atomic mass is 9.95. The minimum atomic E-state index is -0.559. The number of nitrogens with zero attached hydrogens (tertiary/aromatic N) is 3. The van der Waals surface area contributed by atoms with Crippen molar-refractivity contribution in [3.8, 4) is 0 Å². The van der Waals surface area contributed by atoms with Crippen LogP contribution in [0, 0.1) is 16.0 Å². The molecular formula is C18H21N3O6. The number of nitro benzene ring substituents is 1. The van der Waals surface area contributed by atoms with Gasteiger partial charge in [0, 0.05) is 12.1 Å². The molecule has 2 heterocycles. The van der Waals surface area contributed by atoms with Gasteiger partial charge in [-0.05, 0) is 45.0 Å². The minimum absolute atomic E-state index is 0.0693. The predicted molar refractivity (Wildman–Crippen MR) is 94.9 cm³/mol. The molecule has 144 valence electrons. The summed E-state index contributed by atoms with van der Waals surface area (Å²) in [6, 6.07) is 4.80. The number of imide groups is 1. The fraction of sp³-hybridized carbons (Fsp3) is 0.500. The van der Waals surface area contributed by atoms with Crippen LogP contribution in [0.1, 0.15) is 26.2 Å². The van der Waals surface area contributed by atoms with Gasteiger partial charge in [0.2, 0.25) is 5.91 Å². The van der Waals surface area contributed by atoms with Gasteiger partial charge in [0.1, 0.15) is 0 Å². The summed E-state index contributed by atoms with van der Waals surface area (Å²) in [5.74, 6) is -1.03. The van der Waals surface area contributed by atoms with Crippen LogP contribution in [-0.2, 0) is 19.1 Å². The van der Waals surface area contributed by atoms with Gasteiger partial charge in [-0.2, -0.15) is 0 Å². The molecule has 2 aliphatic heterocycles. The highest BCUT2D eigenvalue weighted by Gasteiger charge is 2.44. The van der Waals surface area contributed by atoms with Crippen LogP contribution in [0.4, 0.5) is 11.4 Å². The molecule has 3 rings (SSSR count). The summed E-state index contributed by atoms with van der Waals surface area (Å²) < 4.78 is 5.05. The molecule has 9 nitrogen and oxygen atoms in total. The molecule has 9 heteroatoms. The van der Waals surface area contributed by atoms with Crippen LogP contribution in [0.25, 0.3) is 0 Å². The number of esters is 1. The molecule has 0 aliphatic carbocycles. The van der Waals surface area contributed by atoms with Crippen molar-refractivity contribution in [2.75, 3.05) is 24.6 Å². The van der Waals surface area contributed by atoms with E-state index in [0.29, 0.717) is 38.2 Å². The number of rotatable bonds is 5. The molecule has 0 saturated carbocycles. The van der Waals surface area contributed by atoms with Crippen LogP contribution in [0.3, 0.4) is 0 Å².